The van der Waals surface area contributed by atoms with Crippen molar-refractivity contribution < 1.29 is 9.90 Å². The molecule has 0 fully saturated rings. The monoisotopic (exact) mass is 391 g/mol. The molecule has 0 aliphatic carbocycles. The SMILES string of the molecule is CC(C)(C)N=O.CCCCC/C=C\C/C=C\C/C=C\C/C=C\CCCC(=O)O. The van der Waals surface area contributed by atoms with Gasteiger partial charge in [0.1, 0.15) is 0 Å². The standard InChI is InChI=1S/C20H32O2.C4H9NO/c1-2-3-4-5-6-7-8-9-10-11-12-13-14-15-16-17-18-19-20(21)22;1-4(2,3)5-6/h6-7,9-10,12-13,15-16H,2-5,8,11,14,17-19H2,1H3,(H,21,22);1-3H3/b7-6-,10-9-,13-12-,16-15-;. The van der Waals surface area contributed by atoms with Gasteiger partial charge in [0.05, 0.1) is 5.54 Å². The summed E-state index contributed by atoms with van der Waals surface area (Å²) in [6.45, 7) is 7.52. The maximum Gasteiger partial charge on any atom is 0.303 e. The average Bonchev–Trinajstić information content (AvgIpc) is 2.64. The maximum atomic E-state index is 10.3. The lowest BCUT2D eigenvalue weighted by Gasteiger charge is -2.01. The van der Waals surface area contributed by atoms with Gasteiger partial charge in [0.15, 0.2) is 0 Å². The average molecular weight is 392 g/mol. The summed E-state index contributed by atoms with van der Waals surface area (Å²) in [4.78, 5) is 19.9. The van der Waals surface area contributed by atoms with Crippen LogP contribution in [0, 0.1) is 4.91 Å². The van der Waals surface area contributed by atoms with Crippen molar-refractivity contribution >= 4 is 5.97 Å². The van der Waals surface area contributed by atoms with E-state index in [1.165, 1.54) is 25.7 Å². The normalized spacial score (nSPS) is 12.1. The molecule has 1 N–H and O–H groups in total. The smallest absolute Gasteiger partial charge is 0.303 e. The Morgan fingerprint density at radius 1 is 0.786 bits per heavy atom. The predicted octanol–water partition coefficient (Wildman–Crippen LogP) is 7.77. The van der Waals surface area contributed by atoms with Crippen LogP contribution in [0.15, 0.2) is 53.8 Å². The number of aliphatic carboxylic acids is 1. The number of carboxylic acids is 1. The number of hydrogen-bond donors (Lipinski definition) is 1. The molecule has 0 unspecified atom stereocenters. The molecule has 0 aromatic heterocycles. The van der Waals surface area contributed by atoms with Gasteiger partial charge in [-0.25, -0.2) is 0 Å². The summed E-state index contributed by atoms with van der Waals surface area (Å²) < 4.78 is 0. The summed E-state index contributed by atoms with van der Waals surface area (Å²) in [6.07, 6.45) is 27.3. The van der Waals surface area contributed by atoms with E-state index in [1.54, 1.807) is 20.8 Å². The molecule has 0 aliphatic rings. The Morgan fingerprint density at radius 2 is 1.18 bits per heavy atom. The third kappa shape index (κ3) is 31.8. The molecule has 0 radical (unpaired) electrons. The van der Waals surface area contributed by atoms with Gasteiger partial charge in [-0.15, -0.1) is 0 Å². The second-order valence-corrected chi connectivity index (χ2v) is 7.64. The molecule has 0 spiro atoms. The highest BCUT2D eigenvalue weighted by Crippen LogP contribution is 2.03. The zero-order chi connectivity index (χ0) is 21.5. The summed E-state index contributed by atoms with van der Waals surface area (Å²) in [6, 6.07) is 0. The molecule has 0 atom stereocenters. The molecular weight excluding hydrogens is 350 g/mol. The van der Waals surface area contributed by atoms with Crippen molar-refractivity contribution in [3.63, 3.8) is 0 Å². The Bertz CT molecular complexity index is 483. The van der Waals surface area contributed by atoms with Gasteiger partial charge in [-0.2, -0.15) is 4.91 Å². The van der Waals surface area contributed by atoms with Crippen molar-refractivity contribution in [2.75, 3.05) is 0 Å². The van der Waals surface area contributed by atoms with Crippen LogP contribution < -0.4 is 0 Å². The van der Waals surface area contributed by atoms with E-state index < -0.39 is 5.97 Å². The van der Waals surface area contributed by atoms with Crippen LogP contribution in [-0.2, 0) is 4.79 Å². The van der Waals surface area contributed by atoms with E-state index in [1.807, 2.05) is 0 Å². The first-order chi connectivity index (χ1) is 13.3. The minimum absolute atomic E-state index is 0.262. The summed E-state index contributed by atoms with van der Waals surface area (Å²) >= 11 is 0. The Balaban J connectivity index is 0. The minimum Gasteiger partial charge on any atom is -0.481 e. The van der Waals surface area contributed by atoms with Crippen LogP contribution in [0.1, 0.15) is 91.9 Å². The van der Waals surface area contributed by atoms with E-state index >= 15 is 0 Å². The van der Waals surface area contributed by atoms with Gasteiger partial charge in [0.2, 0.25) is 0 Å². The fourth-order valence-corrected chi connectivity index (χ4v) is 1.93. The largest absolute Gasteiger partial charge is 0.481 e. The number of unbranched alkanes of at least 4 members (excludes halogenated alkanes) is 4. The van der Waals surface area contributed by atoms with Crippen LogP contribution in [-0.4, -0.2) is 16.6 Å². The van der Waals surface area contributed by atoms with Crippen molar-refractivity contribution in [1.29, 1.82) is 0 Å². The molecule has 4 heteroatoms. The summed E-state index contributed by atoms with van der Waals surface area (Å²) in [5.74, 6) is -0.712. The fraction of sp³-hybridized carbons (Fsp3) is 0.625. The van der Waals surface area contributed by atoms with E-state index in [-0.39, 0.29) is 12.0 Å². The molecule has 0 saturated carbocycles. The molecule has 0 heterocycles. The number of carboxylic acid groups (broad SMARTS) is 1. The second-order valence-electron chi connectivity index (χ2n) is 7.64. The first-order valence-electron chi connectivity index (χ1n) is 10.5. The summed E-state index contributed by atoms with van der Waals surface area (Å²) in [5, 5.41) is 11.3. The maximum absolute atomic E-state index is 10.3. The predicted molar refractivity (Wildman–Crippen MR) is 122 cm³/mol. The van der Waals surface area contributed by atoms with Gasteiger partial charge in [-0.3, -0.25) is 4.79 Å². The van der Waals surface area contributed by atoms with Crippen LogP contribution in [0.5, 0.6) is 0 Å². The first-order valence-corrected chi connectivity index (χ1v) is 10.5. The molecule has 0 aromatic carbocycles. The van der Waals surface area contributed by atoms with E-state index in [0.717, 1.165) is 32.1 Å². The molecule has 4 nitrogen and oxygen atoms in total. The van der Waals surface area contributed by atoms with Gasteiger partial charge >= 0.3 is 5.97 Å². The van der Waals surface area contributed by atoms with E-state index in [0.29, 0.717) is 0 Å². The molecule has 0 rings (SSSR count). The van der Waals surface area contributed by atoms with E-state index in [2.05, 4.69) is 60.7 Å². The Hall–Kier alpha value is -1.97. The van der Waals surface area contributed by atoms with Crippen LogP contribution in [0.4, 0.5) is 0 Å². The Labute approximate surface area is 172 Å². The number of nitroso groups, excluding NO2 is 1. The minimum atomic E-state index is -0.712. The van der Waals surface area contributed by atoms with Gasteiger partial charge in [0.25, 0.3) is 0 Å². The first kappa shape index (κ1) is 28.2. The quantitative estimate of drug-likeness (QED) is 0.187. The van der Waals surface area contributed by atoms with Crippen molar-refractivity contribution in [1.82, 2.24) is 0 Å². The zero-order valence-electron chi connectivity index (χ0n) is 18.4. The summed E-state index contributed by atoms with van der Waals surface area (Å²) in [7, 11) is 0. The van der Waals surface area contributed by atoms with Crippen molar-refractivity contribution in [3.05, 3.63) is 53.5 Å². The molecule has 160 valence electrons. The van der Waals surface area contributed by atoms with Gasteiger partial charge < -0.3 is 5.11 Å². The highest BCUT2D eigenvalue weighted by Gasteiger charge is 2.06. The van der Waals surface area contributed by atoms with E-state index in [4.69, 9.17) is 5.11 Å². The fourth-order valence-electron chi connectivity index (χ4n) is 1.93. The lowest BCUT2D eigenvalue weighted by Crippen LogP contribution is -2.06. The van der Waals surface area contributed by atoms with Gasteiger partial charge in [-0.05, 0) is 65.7 Å². The van der Waals surface area contributed by atoms with Gasteiger partial charge in [-0.1, -0.05) is 73.6 Å². The zero-order valence-corrected chi connectivity index (χ0v) is 18.4. The lowest BCUT2D eigenvalue weighted by molar-refractivity contribution is -0.137. The lowest BCUT2D eigenvalue weighted by atomic mass is 10.1. The Morgan fingerprint density at radius 3 is 1.54 bits per heavy atom. The number of rotatable bonds is 14. The Kier molecular flexibility index (Phi) is 21.5. The van der Waals surface area contributed by atoms with Crippen LogP contribution in [0.25, 0.3) is 0 Å². The number of allylic oxidation sites excluding steroid dienone is 8. The molecule has 0 amide bonds. The van der Waals surface area contributed by atoms with Gasteiger partial charge in [0, 0.05) is 6.42 Å². The topological polar surface area (TPSA) is 66.7 Å². The van der Waals surface area contributed by atoms with Crippen molar-refractivity contribution in [3.8, 4) is 0 Å². The molecule has 0 saturated heterocycles. The van der Waals surface area contributed by atoms with Crippen LogP contribution >= 0.6 is 0 Å². The number of carbonyl (C=O) groups is 1. The van der Waals surface area contributed by atoms with Crippen LogP contribution in [0.2, 0.25) is 0 Å². The molecule has 0 aliphatic heterocycles. The van der Waals surface area contributed by atoms with Crippen LogP contribution in [0.3, 0.4) is 0 Å². The molecule has 0 bridgehead atoms. The molecular formula is C24H41NO3. The summed E-state index contributed by atoms with van der Waals surface area (Å²) in [5.41, 5.74) is -0.389. The third-order valence-electron chi connectivity index (χ3n) is 3.49. The number of hydrogen-bond acceptors (Lipinski definition) is 3. The molecule has 0 aromatic rings. The van der Waals surface area contributed by atoms with Crippen molar-refractivity contribution in [2.24, 2.45) is 5.18 Å². The second kappa shape index (κ2) is 21.3. The van der Waals surface area contributed by atoms with Crippen molar-refractivity contribution in [2.45, 2.75) is 97.4 Å². The third-order valence-corrected chi connectivity index (χ3v) is 3.49. The number of nitrogens with zero attached hydrogens (tertiary/aromatic N) is 1. The highest BCUT2D eigenvalue weighted by atomic mass is 16.4. The molecule has 28 heavy (non-hydrogen) atoms. The highest BCUT2D eigenvalue weighted by molar-refractivity contribution is 5.66. The van der Waals surface area contributed by atoms with E-state index in [9.17, 15) is 9.70 Å².